The van der Waals surface area contributed by atoms with Crippen LogP contribution in [-0.4, -0.2) is 21.9 Å². The number of rotatable bonds is 6. The molecule has 1 atom stereocenters. The first-order valence-electron chi connectivity index (χ1n) is 8.99. The van der Waals surface area contributed by atoms with Crippen LogP contribution in [0.1, 0.15) is 42.6 Å². The largest absolute Gasteiger partial charge is 0.485 e. The molecule has 1 unspecified atom stereocenters. The average Bonchev–Trinajstić information content (AvgIpc) is 2.97. The minimum absolute atomic E-state index is 0.162. The number of benzene rings is 2. The van der Waals surface area contributed by atoms with E-state index in [0.717, 1.165) is 22.2 Å². The first-order chi connectivity index (χ1) is 12.9. The first kappa shape index (κ1) is 18.7. The smallest absolute Gasteiger partial charge is 0.194 e. The molecule has 3 rings (SSSR count). The van der Waals surface area contributed by atoms with E-state index >= 15 is 0 Å². The number of para-hydroxylation sites is 2. The number of aromatic nitrogens is 2. The lowest BCUT2D eigenvalue weighted by Gasteiger charge is -2.15. The lowest BCUT2D eigenvalue weighted by Crippen LogP contribution is -2.22. The first-order valence-corrected chi connectivity index (χ1v) is 8.99. The van der Waals surface area contributed by atoms with Gasteiger partial charge in [-0.3, -0.25) is 4.79 Å². The topological polar surface area (TPSA) is 67.9 Å². The van der Waals surface area contributed by atoms with Crippen LogP contribution in [0.15, 0.2) is 42.5 Å². The highest BCUT2D eigenvalue weighted by molar-refractivity contribution is 5.90. The number of ketones is 1. The number of ether oxygens (including phenoxy) is 1. The summed E-state index contributed by atoms with van der Waals surface area (Å²) >= 11 is 0. The molecule has 1 aromatic heterocycles. The number of carbonyl (C=O) groups excluding carboxylic acids is 1. The van der Waals surface area contributed by atoms with Crippen LogP contribution in [0.25, 0.3) is 11.0 Å². The standard InChI is InChI=1S/C22H23N3O2/c1-14(2)16-10-9-15(3)11-21(16)27-13-20(26)17(12-23)22-24-18-7-5-6-8-19(18)25(22)4/h5-11,14,17H,13H2,1-4H3. The monoisotopic (exact) mass is 361 g/mol. The molecule has 0 radical (unpaired) electrons. The van der Waals surface area contributed by atoms with Gasteiger partial charge < -0.3 is 9.30 Å². The van der Waals surface area contributed by atoms with E-state index in [0.29, 0.717) is 11.6 Å². The second-order valence-corrected chi connectivity index (χ2v) is 7.03. The third kappa shape index (κ3) is 3.70. The number of carbonyl (C=O) groups is 1. The van der Waals surface area contributed by atoms with Crippen molar-refractivity contribution in [2.45, 2.75) is 32.6 Å². The fraction of sp³-hybridized carbons (Fsp3) is 0.318. The van der Waals surface area contributed by atoms with E-state index in [1.807, 2.05) is 56.4 Å². The van der Waals surface area contributed by atoms with E-state index in [-0.39, 0.29) is 18.3 Å². The Hall–Kier alpha value is -3.13. The van der Waals surface area contributed by atoms with Gasteiger partial charge in [-0.25, -0.2) is 4.98 Å². The Labute approximate surface area is 159 Å². The second-order valence-electron chi connectivity index (χ2n) is 7.03. The average molecular weight is 361 g/mol. The lowest BCUT2D eigenvalue weighted by molar-refractivity contribution is -0.121. The molecule has 27 heavy (non-hydrogen) atoms. The number of nitrogens with zero attached hydrogens (tertiary/aromatic N) is 3. The molecule has 138 valence electrons. The highest BCUT2D eigenvalue weighted by Crippen LogP contribution is 2.28. The second kappa shape index (κ2) is 7.63. The van der Waals surface area contributed by atoms with Gasteiger partial charge in [0.1, 0.15) is 18.2 Å². The van der Waals surface area contributed by atoms with Gasteiger partial charge in [0.25, 0.3) is 0 Å². The summed E-state index contributed by atoms with van der Waals surface area (Å²) < 4.78 is 7.62. The van der Waals surface area contributed by atoms with Gasteiger partial charge in [0, 0.05) is 7.05 Å². The Balaban J connectivity index is 1.83. The van der Waals surface area contributed by atoms with E-state index in [1.165, 1.54) is 0 Å². The molecule has 0 spiro atoms. The Morgan fingerprint density at radius 2 is 2.00 bits per heavy atom. The molecule has 2 aromatic carbocycles. The number of hydrogen-bond acceptors (Lipinski definition) is 4. The molecular formula is C22H23N3O2. The molecule has 0 aliphatic carbocycles. The highest BCUT2D eigenvalue weighted by atomic mass is 16.5. The van der Waals surface area contributed by atoms with Gasteiger partial charge in [-0.05, 0) is 42.2 Å². The van der Waals surface area contributed by atoms with Gasteiger partial charge in [-0.15, -0.1) is 0 Å². The Bertz CT molecular complexity index is 1030. The molecule has 0 aliphatic heterocycles. The molecule has 0 saturated heterocycles. The van der Waals surface area contributed by atoms with Gasteiger partial charge in [-0.1, -0.05) is 38.1 Å². The van der Waals surface area contributed by atoms with Crippen LogP contribution in [0.5, 0.6) is 5.75 Å². The van der Waals surface area contributed by atoms with Crippen LogP contribution < -0.4 is 4.74 Å². The van der Waals surface area contributed by atoms with Crippen LogP contribution in [-0.2, 0) is 11.8 Å². The number of Topliss-reactive ketones (excluding diaryl/α,β-unsaturated/α-hetero) is 1. The number of fused-ring (bicyclic) bond motifs is 1. The SMILES string of the molecule is Cc1ccc(C(C)C)c(OCC(=O)C(C#N)c2nc3ccccc3n2C)c1. The fourth-order valence-electron chi connectivity index (χ4n) is 3.17. The van der Waals surface area contributed by atoms with Crippen LogP contribution >= 0.6 is 0 Å². The molecule has 0 saturated carbocycles. The molecule has 1 heterocycles. The molecular weight excluding hydrogens is 338 g/mol. The quantitative estimate of drug-likeness (QED) is 0.658. The van der Waals surface area contributed by atoms with Crippen molar-refractivity contribution in [3.8, 4) is 11.8 Å². The van der Waals surface area contributed by atoms with Crippen LogP contribution in [0.4, 0.5) is 0 Å². The van der Waals surface area contributed by atoms with Crippen molar-refractivity contribution in [1.82, 2.24) is 9.55 Å². The van der Waals surface area contributed by atoms with Gasteiger partial charge in [0.2, 0.25) is 0 Å². The maximum absolute atomic E-state index is 12.7. The van der Waals surface area contributed by atoms with E-state index in [9.17, 15) is 10.1 Å². The summed E-state index contributed by atoms with van der Waals surface area (Å²) in [6.45, 7) is 5.98. The summed E-state index contributed by atoms with van der Waals surface area (Å²) in [7, 11) is 1.82. The zero-order valence-corrected chi connectivity index (χ0v) is 16.1. The molecule has 0 N–H and O–H groups in total. The van der Waals surface area contributed by atoms with Crippen LogP contribution in [0.3, 0.4) is 0 Å². The maximum Gasteiger partial charge on any atom is 0.194 e. The molecule has 0 aliphatic rings. The highest BCUT2D eigenvalue weighted by Gasteiger charge is 2.26. The summed E-state index contributed by atoms with van der Waals surface area (Å²) in [5.74, 6) is 0.157. The predicted molar refractivity (Wildman–Crippen MR) is 105 cm³/mol. The Kier molecular flexibility index (Phi) is 5.27. The van der Waals surface area contributed by atoms with Crippen molar-refractivity contribution in [3.05, 3.63) is 59.4 Å². The molecule has 5 heteroatoms. The molecule has 0 amide bonds. The normalized spacial score (nSPS) is 12.1. The minimum atomic E-state index is -0.963. The summed E-state index contributed by atoms with van der Waals surface area (Å²) in [4.78, 5) is 17.2. The van der Waals surface area contributed by atoms with Crippen LogP contribution in [0.2, 0.25) is 0 Å². The van der Waals surface area contributed by atoms with Crippen molar-refractivity contribution >= 4 is 16.8 Å². The van der Waals surface area contributed by atoms with Gasteiger partial charge >= 0.3 is 0 Å². The van der Waals surface area contributed by atoms with Gasteiger partial charge in [-0.2, -0.15) is 5.26 Å². The zero-order valence-electron chi connectivity index (χ0n) is 16.1. The van der Waals surface area contributed by atoms with Crippen molar-refractivity contribution in [1.29, 1.82) is 5.26 Å². The third-order valence-electron chi connectivity index (χ3n) is 4.69. The summed E-state index contributed by atoms with van der Waals surface area (Å²) in [5.41, 5.74) is 3.77. The van der Waals surface area contributed by atoms with E-state index in [4.69, 9.17) is 4.74 Å². The number of hydrogen-bond donors (Lipinski definition) is 0. The number of aryl methyl sites for hydroxylation is 2. The van der Waals surface area contributed by atoms with Crippen molar-refractivity contribution < 1.29 is 9.53 Å². The van der Waals surface area contributed by atoms with Gasteiger partial charge in [0.05, 0.1) is 17.1 Å². The molecule has 5 nitrogen and oxygen atoms in total. The fourth-order valence-corrected chi connectivity index (χ4v) is 3.17. The molecule has 0 bridgehead atoms. The van der Waals surface area contributed by atoms with Gasteiger partial charge in [0.15, 0.2) is 11.7 Å². The minimum Gasteiger partial charge on any atom is -0.485 e. The maximum atomic E-state index is 12.7. The Morgan fingerprint density at radius 3 is 2.67 bits per heavy atom. The summed E-state index contributed by atoms with van der Waals surface area (Å²) in [6.07, 6.45) is 0. The third-order valence-corrected chi connectivity index (χ3v) is 4.69. The van der Waals surface area contributed by atoms with E-state index in [1.54, 1.807) is 4.57 Å². The summed E-state index contributed by atoms with van der Waals surface area (Å²) in [5, 5.41) is 9.60. The number of nitriles is 1. The molecule has 0 fully saturated rings. The van der Waals surface area contributed by atoms with Crippen LogP contribution in [0, 0.1) is 18.3 Å². The van der Waals surface area contributed by atoms with Crippen molar-refractivity contribution in [2.75, 3.05) is 6.61 Å². The van der Waals surface area contributed by atoms with Crippen molar-refractivity contribution in [2.24, 2.45) is 7.05 Å². The number of imidazole rings is 1. The zero-order chi connectivity index (χ0) is 19.6. The van der Waals surface area contributed by atoms with E-state index in [2.05, 4.69) is 24.9 Å². The van der Waals surface area contributed by atoms with E-state index < -0.39 is 5.92 Å². The summed E-state index contributed by atoms with van der Waals surface area (Å²) in [6, 6.07) is 15.7. The van der Waals surface area contributed by atoms with Crippen molar-refractivity contribution in [3.63, 3.8) is 0 Å². The Morgan fingerprint density at radius 1 is 1.26 bits per heavy atom. The molecule has 3 aromatic rings. The predicted octanol–water partition coefficient (Wildman–Crippen LogP) is 4.26. The lowest BCUT2D eigenvalue weighted by atomic mass is 10.0.